The zero-order valence-electron chi connectivity index (χ0n) is 15.9. The van der Waals surface area contributed by atoms with Crippen molar-refractivity contribution >= 4 is 44.1 Å². The molecular formula is C22H21ClN2O3S. The second kappa shape index (κ2) is 6.36. The van der Waals surface area contributed by atoms with Crippen molar-refractivity contribution in [2.75, 3.05) is 0 Å². The molecule has 0 amide bonds. The van der Waals surface area contributed by atoms with Gasteiger partial charge in [-0.15, -0.1) is 12.4 Å². The molecule has 1 N–H and O–H groups in total. The lowest BCUT2D eigenvalue weighted by molar-refractivity contribution is 0.503. The Bertz CT molecular complexity index is 1370. The fourth-order valence-electron chi connectivity index (χ4n) is 5.00. The highest BCUT2D eigenvalue weighted by atomic mass is 35.5. The van der Waals surface area contributed by atoms with Gasteiger partial charge in [0.15, 0.2) is 0 Å². The summed E-state index contributed by atoms with van der Waals surface area (Å²) in [5.74, 6) is 0. The van der Waals surface area contributed by atoms with Crippen LogP contribution in [0.1, 0.15) is 30.1 Å². The molecule has 2 aromatic heterocycles. The molecule has 0 radical (unpaired) electrons. The van der Waals surface area contributed by atoms with Gasteiger partial charge in [0.05, 0.1) is 16.1 Å². The number of aryl methyl sites for hydroxylation is 1. The molecule has 29 heavy (non-hydrogen) atoms. The second-order valence-electron chi connectivity index (χ2n) is 7.92. The summed E-state index contributed by atoms with van der Waals surface area (Å²) in [4.78, 5) is 0.640. The van der Waals surface area contributed by atoms with E-state index in [4.69, 9.17) is 4.42 Å². The lowest BCUT2D eigenvalue weighted by atomic mass is 9.99. The number of benzene rings is 2. The number of nitrogens with one attached hydrogen (secondary N) is 1. The zero-order valence-corrected chi connectivity index (χ0v) is 17.5. The third kappa shape index (κ3) is 2.59. The Morgan fingerprint density at radius 3 is 2.72 bits per heavy atom. The van der Waals surface area contributed by atoms with Crippen LogP contribution in [0, 0.1) is 0 Å². The molecule has 2 aliphatic heterocycles. The summed E-state index contributed by atoms with van der Waals surface area (Å²) >= 11 is 0. The molecule has 150 valence electrons. The summed E-state index contributed by atoms with van der Waals surface area (Å²) in [7, 11) is -1.51. The smallest absolute Gasteiger partial charge is 0.206 e. The van der Waals surface area contributed by atoms with E-state index in [0.717, 1.165) is 29.1 Å². The minimum Gasteiger partial charge on any atom is -0.464 e. The third-order valence-corrected chi connectivity index (χ3v) is 8.16. The fourth-order valence-corrected chi connectivity index (χ4v) is 6.32. The maximum Gasteiger partial charge on any atom is 0.206 e. The van der Waals surface area contributed by atoms with E-state index < -0.39 is 9.84 Å². The summed E-state index contributed by atoms with van der Waals surface area (Å²) in [5.41, 5.74) is 4.42. The van der Waals surface area contributed by atoms with E-state index in [2.05, 4.69) is 16.9 Å². The maximum atomic E-state index is 13.3. The predicted molar refractivity (Wildman–Crippen MR) is 114 cm³/mol. The Morgan fingerprint density at radius 1 is 1.07 bits per heavy atom. The van der Waals surface area contributed by atoms with Crippen molar-refractivity contribution in [3.63, 3.8) is 0 Å². The average Bonchev–Trinajstić information content (AvgIpc) is 3.39. The largest absolute Gasteiger partial charge is 0.464 e. The van der Waals surface area contributed by atoms with Crippen LogP contribution in [-0.2, 0) is 23.3 Å². The molecule has 7 heteroatoms. The lowest BCUT2D eigenvalue weighted by Crippen LogP contribution is -2.32. The molecule has 6 rings (SSSR count). The number of nitrogens with zero attached hydrogens (tertiary/aromatic N) is 1. The molecule has 0 spiro atoms. The number of halogens is 1. The fraction of sp³-hybridized carbons (Fsp3) is 0.273. The van der Waals surface area contributed by atoms with Crippen molar-refractivity contribution < 1.29 is 12.8 Å². The first-order valence-electron chi connectivity index (χ1n) is 9.62. The summed E-state index contributed by atoms with van der Waals surface area (Å²) in [6.45, 7) is 0. The number of rotatable bonds is 2. The van der Waals surface area contributed by atoms with Crippen molar-refractivity contribution in [3.05, 3.63) is 60.0 Å². The molecule has 2 aliphatic rings. The first-order chi connectivity index (χ1) is 13.5. The van der Waals surface area contributed by atoms with Crippen LogP contribution in [0.4, 0.5) is 0 Å². The van der Waals surface area contributed by atoms with E-state index in [1.165, 1.54) is 17.7 Å². The molecule has 5 nitrogen and oxygen atoms in total. The van der Waals surface area contributed by atoms with Crippen LogP contribution >= 0.6 is 12.4 Å². The normalized spacial score (nSPS) is 20.7. The number of fused-ring (bicyclic) bond motifs is 7. The first kappa shape index (κ1) is 18.7. The summed E-state index contributed by atoms with van der Waals surface area (Å²) < 4.78 is 34.2. The number of hydrogen-bond acceptors (Lipinski definition) is 4. The summed E-state index contributed by atoms with van der Waals surface area (Å²) in [5, 5.41) is 5.53. The van der Waals surface area contributed by atoms with Gasteiger partial charge in [-0.2, -0.15) is 0 Å². The number of furan rings is 1. The van der Waals surface area contributed by atoms with Gasteiger partial charge in [-0.3, -0.25) is 0 Å². The minimum absolute atomic E-state index is 0. The highest BCUT2D eigenvalue weighted by Gasteiger charge is 2.36. The highest BCUT2D eigenvalue weighted by Crippen LogP contribution is 2.42. The first-order valence-corrected chi connectivity index (χ1v) is 11.1. The molecule has 2 atom stereocenters. The van der Waals surface area contributed by atoms with Crippen LogP contribution in [0.5, 0.6) is 0 Å². The van der Waals surface area contributed by atoms with Crippen LogP contribution in [0.3, 0.4) is 0 Å². The molecule has 2 unspecified atom stereocenters. The van der Waals surface area contributed by atoms with Crippen molar-refractivity contribution in [3.8, 4) is 0 Å². The van der Waals surface area contributed by atoms with Crippen molar-refractivity contribution in [1.29, 1.82) is 0 Å². The average molecular weight is 429 g/mol. The Labute approximate surface area is 175 Å². The van der Waals surface area contributed by atoms with Gasteiger partial charge >= 0.3 is 0 Å². The predicted octanol–water partition coefficient (Wildman–Crippen LogP) is 4.53. The van der Waals surface area contributed by atoms with E-state index in [0.29, 0.717) is 27.5 Å². The Morgan fingerprint density at radius 2 is 1.86 bits per heavy atom. The standard InChI is InChI=1S/C22H20N2O3S.ClH/c1-24-19-6-3-16(12-17(19)22-18-5-2-14(23-18)11-20(22)24)28(25,26)15-4-7-21-13(10-15)8-9-27-21;/h3-4,6-10,12,14,18,23H,2,5,11H2,1H3;1H. The van der Waals surface area contributed by atoms with E-state index in [1.807, 2.05) is 12.1 Å². The SMILES string of the molecule is Cl.Cn1c2c(c3cc(S(=O)(=O)c4ccc5occc5c4)ccc31)C1CCC(C2)N1. The van der Waals surface area contributed by atoms with Crippen molar-refractivity contribution in [1.82, 2.24) is 9.88 Å². The van der Waals surface area contributed by atoms with E-state index in [-0.39, 0.29) is 12.4 Å². The van der Waals surface area contributed by atoms with E-state index in [9.17, 15) is 8.42 Å². The summed E-state index contributed by atoms with van der Waals surface area (Å²) in [6, 6.07) is 13.2. The molecule has 1 saturated heterocycles. The topological polar surface area (TPSA) is 64.2 Å². The zero-order chi connectivity index (χ0) is 19.0. The van der Waals surface area contributed by atoms with E-state index in [1.54, 1.807) is 36.6 Å². The van der Waals surface area contributed by atoms with Crippen LogP contribution in [0.2, 0.25) is 0 Å². The molecule has 0 aliphatic carbocycles. The summed E-state index contributed by atoms with van der Waals surface area (Å²) in [6.07, 6.45) is 4.88. The van der Waals surface area contributed by atoms with Crippen molar-refractivity contribution in [2.45, 2.75) is 41.1 Å². The second-order valence-corrected chi connectivity index (χ2v) is 9.87. The lowest BCUT2D eigenvalue weighted by Gasteiger charge is -2.23. The molecule has 2 bridgehead atoms. The van der Waals surface area contributed by atoms with Gasteiger partial charge in [-0.05, 0) is 60.9 Å². The molecule has 4 aromatic rings. The minimum atomic E-state index is -3.60. The van der Waals surface area contributed by atoms with Crippen LogP contribution < -0.4 is 5.32 Å². The van der Waals surface area contributed by atoms with Gasteiger partial charge in [0, 0.05) is 47.5 Å². The maximum absolute atomic E-state index is 13.3. The Kier molecular flexibility index (Phi) is 4.11. The van der Waals surface area contributed by atoms with Gasteiger partial charge in [0.2, 0.25) is 9.84 Å². The molecule has 1 fully saturated rings. The number of aromatic nitrogens is 1. The van der Waals surface area contributed by atoms with Crippen LogP contribution in [-0.4, -0.2) is 19.0 Å². The highest BCUT2D eigenvalue weighted by molar-refractivity contribution is 7.91. The molecular weight excluding hydrogens is 408 g/mol. The Hall–Kier alpha value is -2.28. The van der Waals surface area contributed by atoms with Gasteiger partial charge in [0.25, 0.3) is 0 Å². The molecule has 4 heterocycles. The van der Waals surface area contributed by atoms with Gasteiger partial charge in [-0.25, -0.2) is 8.42 Å². The number of sulfone groups is 1. The molecule has 2 aromatic carbocycles. The van der Waals surface area contributed by atoms with E-state index >= 15 is 0 Å². The van der Waals surface area contributed by atoms with Crippen LogP contribution in [0.15, 0.2) is 62.9 Å². The number of hydrogen-bond donors (Lipinski definition) is 1. The van der Waals surface area contributed by atoms with Crippen LogP contribution in [0.25, 0.3) is 21.9 Å². The van der Waals surface area contributed by atoms with Crippen molar-refractivity contribution in [2.24, 2.45) is 7.05 Å². The quantitative estimate of drug-likeness (QED) is 0.509. The molecule has 0 saturated carbocycles. The third-order valence-electron chi connectivity index (χ3n) is 6.41. The monoisotopic (exact) mass is 428 g/mol. The van der Waals surface area contributed by atoms with Gasteiger partial charge in [0.1, 0.15) is 5.58 Å². The van der Waals surface area contributed by atoms with Gasteiger partial charge in [-0.1, -0.05) is 0 Å². The Balaban J connectivity index is 0.00000181. The van der Waals surface area contributed by atoms with Gasteiger partial charge < -0.3 is 14.3 Å².